The molecule has 0 bridgehead atoms. The zero-order valence-corrected chi connectivity index (χ0v) is 39.6. The summed E-state index contributed by atoms with van der Waals surface area (Å²) in [6, 6.07) is 84.6. The quantitative estimate of drug-likeness (QED) is 0.100. The maximum Gasteiger partial charge on any atom is 0.179 e. The van der Waals surface area contributed by atoms with Gasteiger partial charge in [-0.05, 0) is 70.0 Å². The molecule has 0 amide bonds. The molecule has 12 aromatic rings. The van der Waals surface area contributed by atoms with Crippen LogP contribution in [-0.4, -0.2) is 42.5 Å². The zero-order valence-electron chi connectivity index (χ0n) is 38.6. The van der Waals surface area contributed by atoms with Crippen molar-refractivity contribution in [2.45, 2.75) is 13.8 Å². The van der Waals surface area contributed by atoms with Gasteiger partial charge in [0.25, 0.3) is 0 Å². The molecule has 9 aromatic carbocycles. The summed E-state index contributed by atoms with van der Waals surface area (Å²) in [5.41, 5.74) is 8.72. The maximum atomic E-state index is 5.31. The molecule has 0 saturated heterocycles. The molecular formula is C62H45N7Si. The highest BCUT2D eigenvalue weighted by molar-refractivity contribution is 7.19. The van der Waals surface area contributed by atoms with Gasteiger partial charge in [0.05, 0.1) is 16.7 Å². The largest absolute Gasteiger partial charge is 0.308 e. The van der Waals surface area contributed by atoms with Crippen LogP contribution >= 0.6 is 0 Å². The maximum absolute atomic E-state index is 5.31. The Hall–Kier alpha value is -8.98. The minimum absolute atomic E-state index is 0.567. The first kappa shape index (κ1) is 42.4. The van der Waals surface area contributed by atoms with Gasteiger partial charge in [0.2, 0.25) is 0 Å². The van der Waals surface area contributed by atoms with Crippen molar-refractivity contribution < 1.29 is 0 Å². The van der Waals surface area contributed by atoms with Gasteiger partial charge in [-0.15, -0.1) is 0 Å². The summed E-state index contributed by atoms with van der Waals surface area (Å²) in [4.78, 5) is 29.8. The topological polar surface area (TPSA) is 82.3 Å². The van der Waals surface area contributed by atoms with Crippen molar-refractivity contribution >= 4 is 50.6 Å². The van der Waals surface area contributed by atoms with Crippen molar-refractivity contribution in [1.82, 2.24) is 34.5 Å². The van der Waals surface area contributed by atoms with E-state index in [4.69, 9.17) is 24.9 Å². The van der Waals surface area contributed by atoms with Gasteiger partial charge in [0, 0.05) is 33.0 Å². The van der Waals surface area contributed by atoms with Gasteiger partial charge in [0.15, 0.2) is 31.4 Å². The van der Waals surface area contributed by atoms with E-state index in [0.29, 0.717) is 34.9 Å². The number of hydrogen-bond acceptors (Lipinski definition) is 6. The van der Waals surface area contributed by atoms with Crippen LogP contribution in [0.25, 0.3) is 84.2 Å². The molecule has 7 nitrogen and oxygen atoms in total. The minimum Gasteiger partial charge on any atom is -0.308 e. The fourth-order valence-corrected chi connectivity index (χ4v) is 14.9. The van der Waals surface area contributed by atoms with Crippen LogP contribution in [0.4, 0.5) is 0 Å². The SMILES string of the molecule is Cc1nc(C)nc(-c2ccc3c4ccccc4n(-c4cc(-c5cccc([Si](c6ccccc6)(c6ccccc6)c6ccccc6)c5)ccc4-c4nc(-c5ccccc5)nc(-c5ccccc5)n4)c3c2)n1. The number of fused-ring (bicyclic) bond motifs is 3. The lowest BCUT2D eigenvalue weighted by Crippen LogP contribution is -2.74. The molecule has 0 saturated carbocycles. The van der Waals surface area contributed by atoms with Crippen LogP contribution in [-0.2, 0) is 0 Å². The molecule has 0 spiro atoms. The van der Waals surface area contributed by atoms with Crippen molar-refractivity contribution in [2.75, 3.05) is 0 Å². The van der Waals surface area contributed by atoms with E-state index in [1.807, 2.05) is 74.5 Å². The Morgan fingerprint density at radius 2 is 0.743 bits per heavy atom. The Bertz CT molecular complexity index is 3670. The van der Waals surface area contributed by atoms with Crippen LogP contribution in [0.5, 0.6) is 0 Å². The molecule has 0 fully saturated rings. The number of aromatic nitrogens is 7. The molecule has 70 heavy (non-hydrogen) atoms. The zero-order chi connectivity index (χ0) is 47.0. The summed E-state index contributed by atoms with van der Waals surface area (Å²) < 4.78 is 2.36. The summed E-state index contributed by atoms with van der Waals surface area (Å²) in [6.45, 7) is 3.82. The van der Waals surface area contributed by atoms with E-state index in [1.54, 1.807) is 0 Å². The number of rotatable bonds is 10. The minimum atomic E-state index is -2.84. The van der Waals surface area contributed by atoms with E-state index in [1.165, 1.54) is 20.7 Å². The monoisotopic (exact) mass is 915 g/mol. The average Bonchev–Trinajstić information content (AvgIpc) is 3.75. The normalized spacial score (nSPS) is 11.6. The molecule has 0 aliphatic rings. The van der Waals surface area contributed by atoms with Crippen molar-refractivity contribution in [3.05, 3.63) is 248 Å². The van der Waals surface area contributed by atoms with Crippen LogP contribution in [0.3, 0.4) is 0 Å². The van der Waals surface area contributed by atoms with Gasteiger partial charge in [0.1, 0.15) is 11.6 Å². The van der Waals surface area contributed by atoms with E-state index in [9.17, 15) is 0 Å². The second kappa shape index (κ2) is 17.9. The number of para-hydroxylation sites is 1. The van der Waals surface area contributed by atoms with E-state index < -0.39 is 8.07 Å². The fraction of sp³-hybridized carbons (Fsp3) is 0.0323. The molecule has 0 unspecified atom stereocenters. The molecule has 0 radical (unpaired) electrons. The summed E-state index contributed by atoms with van der Waals surface area (Å²) >= 11 is 0. The smallest absolute Gasteiger partial charge is 0.179 e. The van der Waals surface area contributed by atoms with Crippen molar-refractivity contribution in [3.63, 3.8) is 0 Å². The molecule has 3 heterocycles. The first-order chi connectivity index (χ1) is 34.5. The molecule has 0 N–H and O–H groups in total. The Kier molecular flexibility index (Phi) is 10.8. The molecule has 3 aromatic heterocycles. The molecule has 8 heteroatoms. The van der Waals surface area contributed by atoms with Crippen molar-refractivity contribution in [1.29, 1.82) is 0 Å². The third-order valence-corrected chi connectivity index (χ3v) is 18.0. The lowest BCUT2D eigenvalue weighted by Gasteiger charge is -2.34. The van der Waals surface area contributed by atoms with Gasteiger partial charge in [-0.2, -0.15) is 0 Å². The summed E-state index contributed by atoms with van der Waals surface area (Å²) in [7, 11) is -2.84. The van der Waals surface area contributed by atoms with Gasteiger partial charge in [-0.1, -0.05) is 212 Å². The van der Waals surface area contributed by atoms with Crippen LogP contribution in [0.2, 0.25) is 0 Å². The second-order valence-electron chi connectivity index (χ2n) is 17.5. The summed E-state index contributed by atoms with van der Waals surface area (Å²) in [5, 5.41) is 7.49. The number of benzene rings is 9. The van der Waals surface area contributed by atoms with Gasteiger partial charge >= 0.3 is 0 Å². The van der Waals surface area contributed by atoms with Crippen LogP contribution in [0.1, 0.15) is 11.6 Å². The lowest BCUT2D eigenvalue weighted by molar-refractivity contribution is 0.928. The first-order valence-electron chi connectivity index (χ1n) is 23.5. The standard InChI is InChI=1S/C62H45N7Si/c1-42-63-43(2)65-61(64-42)48-36-37-54-53-33-18-19-34-56(53)69(57(54)41-48)58-40-47(35-38-55(58)62-67-59(44-21-8-3-9-22-44)66-60(68-62)45-23-10-4-11-24-45)46-25-20-32-52(39-46)70(49-26-12-5-13-27-49,50-28-14-6-15-29-50)51-30-16-7-17-31-51/h3-41H,1-2H3. The van der Waals surface area contributed by atoms with E-state index in [-0.39, 0.29) is 0 Å². The Labute approximate surface area is 407 Å². The Morgan fingerprint density at radius 1 is 0.300 bits per heavy atom. The molecule has 332 valence electrons. The molecule has 12 rings (SSSR count). The second-order valence-corrected chi connectivity index (χ2v) is 21.3. The third-order valence-electron chi connectivity index (χ3n) is 13.2. The highest BCUT2D eigenvalue weighted by Crippen LogP contribution is 2.39. The number of nitrogens with zero attached hydrogens (tertiary/aromatic N) is 7. The number of hydrogen-bond donors (Lipinski definition) is 0. The van der Waals surface area contributed by atoms with E-state index >= 15 is 0 Å². The number of aryl methyl sites for hydroxylation is 2. The summed E-state index contributed by atoms with van der Waals surface area (Å²) in [6.07, 6.45) is 0. The molecule has 0 atom stereocenters. The van der Waals surface area contributed by atoms with Crippen LogP contribution in [0, 0.1) is 13.8 Å². The van der Waals surface area contributed by atoms with Crippen LogP contribution < -0.4 is 20.7 Å². The Morgan fingerprint density at radius 3 is 1.33 bits per heavy atom. The van der Waals surface area contributed by atoms with Gasteiger partial charge in [-0.25, -0.2) is 29.9 Å². The van der Waals surface area contributed by atoms with Gasteiger partial charge in [-0.3, -0.25) is 0 Å². The fourth-order valence-electron chi connectivity index (χ4n) is 10.1. The van der Waals surface area contributed by atoms with E-state index in [0.717, 1.165) is 60.9 Å². The average molecular weight is 916 g/mol. The molecule has 0 aliphatic heterocycles. The lowest BCUT2D eigenvalue weighted by atomic mass is 10.0. The Balaban J connectivity index is 1.14. The highest BCUT2D eigenvalue weighted by atomic mass is 28.3. The van der Waals surface area contributed by atoms with Crippen molar-refractivity contribution in [2.24, 2.45) is 0 Å². The third kappa shape index (κ3) is 7.57. The molecule has 0 aliphatic carbocycles. The summed E-state index contributed by atoms with van der Waals surface area (Å²) in [5.74, 6) is 3.75. The highest BCUT2D eigenvalue weighted by Gasteiger charge is 2.41. The van der Waals surface area contributed by atoms with Crippen molar-refractivity contribution in [3.8, 4) is 62.4 Å². The first-order valence-corrected chi connectivity index (χ1v) is 25.5. The predicted octanol–water partition coefficient (Wildman–Crippen LogP) is 11.5. The molecular weight excluding hydrogens is 871 g/mol. The predicted molar refractivity (Wildman–Crippen MR) is 288 cm³/mol. The van der Waals surface area contributed by atoms with Gasteiger partial charge < -0.3 is 4.57 Å². The van der Waals surface area contributed by atoms with E-state index in [2.05, 4.69) is 185 Å². The van der Waals surface area contributed by atoms with Crippen LogP contribution in [0.15, 0.2) is 237 Å².